The standard InChI is InChI=1S/C63H30F3N9/c1-36-21-41(26-44(22-36)63(64,65)66)47-17-16-46(74-56-11-7-5-9-48(56)52-28-40(14-19-58(52)74)62-43(35-70)27-45(71-2)30-55(62)73-4)31-50(47)51-24-37(32-67)13-18-59(51)75-57-12-8-6-10-49(57)53-29-39(15-20-60(53)75)61-42(34-69)23-38(33-68)25-54(61)72-3/h5-31H,1H3. The van der Waals surface area contributed by atoms with Crippen LogP contribution < -0.4 is 0 Å². The summed E-state index contributed by atoms with van der Waals surface area (Å²) in [6.45, 7) is 25.1. The smallest absolute Gasteiger partial charge is 0.309 e. The summed E-state index contributed by atoms with van der Waals surface area (Å²) in [5, 5.41) is 43.9. The summed E-state index contributed by atoms with van der Waals surface area (Å²) < 4.78 is 48.1. The Morgan fingerprint density at radius 3 is 1.64 bits per heavy atom. The number of aromatic nitrogens is 2. The zero-order valence-corrected chi connectivity index (χ0v) is 39.2. The summed E-state index contributed by atoms with van der Waals surface area (Å²) in [5.41, 5.74) is 8.99. The van der Waals surface area contributed by atoms with Crippen LogP contribution in [0, 0.1) is 72.0 Å². The fourth-order valence-electron chi connectivity index (χ4n) is 10.4. The Bertz CT molecular complexity index is 4570. The van der Waals surface area contributed by atoms with E-state index in [0.29, 0.717) is 67.0 Å². The van der Waals surface area contributed by atoms with Crippen molar-refractivity contribution < 1.29 is 13.2 Å². The summed E-state index contributed by atoms with van der Waals surface area (Å²) in [6, 6.07) is 56.0. The molecule has 0 saturated carbocycles. The van der Waals surface area contributed by atoms with Crippen LogP contribution in [-0.2, 0) is 6.18 Å². The average Bonchev–Trinajstić information content (AvgIpc) is 3.97. The molecule has 0 amide bonds. The lowest BCUT2D eigenvalue weighted by atomic mass is 9.90. The second-order valence-corrected chi connectivity index (χ2v) is 17.8. The zero-order valence-electron chi connectivity index (χ0n) is 39.2. The highest BCUT2D eigenvalue weighted by atomic mass is 19.4. The van der Waals surface area contributed by atoms with Gasteiger partial charge in [0.25, 0.3) is 0 Å². The molecule has 2 aromatic heterocycles. The lowest BCUT2D eigenvalue weighted by Crippen LogP contribution is -2.06. The topological polar surface area (TPSA) is 118 Å². The summed E-state index contributed by atoms with van der Waals surface area (Å²) in [5.74, 6) is 0. The molecule has 0 aliphatic carbocycles. The fraction of sp³-hybridized carbons (Fsp3) is 0.0317. The molecule has 0 spiro atoms. The van der Waals surface area contributed by atoms with Gasteiger partial charge in [0.05, 0.1) is 88.4 Å². The minimum atomic E-state index is -4.65. The van der Waals surface area contributed by atoms with E-state index in [9.17, 15) is 34.2 Å². The number of nitrogens with zero attached hydrogens (tertiary/aromatic N) is 9. The van der Waals surface area contributed by atoms with Gasteiger partial charge >= 0.3 is 6.18 Å². The number of alkyl halides is 3. The van der Waals surface area contributed by atoms with Gasteiger partial charge < -0.3 is 9.13 Å². The van der Waals surface area contributed by atoms with E-state index in [1.54, 1.807) is 31.2 Å². The number of aryl methyl sites for hydroxylation is 1. The van der Waals surface area contributed by atoms with Crippen LogP contribution in [0.25, 0.3) is 114 Å². The number of hydrogen-bond donors (Lipinski definition) is 0. The zero-order chi connectivity index (χ0) is 52.3. The number of hydrogen-bond acceptors (Lipinski definition) is 4. The van der Waals surface area contributed by atoms with Crippen molar-refractivity contribution in [3.63, 3.8) is 0 Å². The van der Waals surface area contributed by atoms with Crippen molar-refractivity contribution in [1.82, 2.24) is 9.13 Å². The molecular formula is C63H30F3N9. The highest BCUT2D eigenvalue weighted by molar-refractivity contribution is 6.13. The maximum absolute atomic E-state index is 14.7. The van der Waals surface area contributed by atoms with E-state index in [2.05, 4.69) is 32.7 Å². The van der Waals surface area contributed by atoms with Crippen molar-refractivity contribution in [2.75, 3.05) is 0 Å². The number of benzene rings is 9. The van der Waals surface area contributed by atoms with Crippen molar-refractivity contribution in [3.05, 3.63) is 231 Å². The maximum Gasteiger partial charge on any atom is 0.416 e. The first-order valence-electron chi connectivity index (χ1n) is 23.0. The van der Waals surface area contributed by atoms with Crippen LogP contribution in [0.2, 0.25) is 0 Å². The van der Waals surface area contributed by atoms with E-state index in [0.717, 1.165) is 55.7 Å². The molecule has 12 heteroatoms. The molecule has 0 bridgehead atoms. The molecule has 0 atom stereocenters. The van der Waals surface area contributed by atoms with Gasteiger partial charge in [0.1, 0.15) is 0 Å². The lowest BCUT2D eigenvalue weighted by molar-refractivity contribution is -0.137. The van der Waals surface area contributed by atoms with E-state index in [1.165, 1.54) is 24.3 Å². The third-order valence-electron chi connectivity index (χ3n) is 13.5. The van der Waals surface area contributed by atoms with E-state index < -0.39 is 11.7 Å². The van der Waals surface area contributed by atoms with Crippen LogP contribution >= 0.6 is 0 Å². The number of halogens is 3. The highest BCUT2D eigenvalue weighted by Gasteiger charge is 2.32. The Hall–Kier alpha value is -11.2. The van der Waals surface area contributed by atoms with Gasteiger partial charge in [-0.15, -0.1) is 0 Å². The van der Waals surface area contributed by atoms with Crippen molar-refractivity contribution in [3.8, 4) is 80.2 Å². The van der Waals surface area contributed by atoms with Gasteiger partial charge in [-0.05, 0) is 137 Å². The van der Waals surface area contributed by atoms with E-state index in [1.807, 2.05) is 118 Å². The molecule has 75 heavy (non-hydrogen) atoms. The number of para-hydroxylation sites is 2. The van der Waals surface area contributed by atoms with Crippen molar-refractivity contribution in [2.45, 2.75) is 13.1 Å². The summed E-state index contributed by atoms with van der Waals surface area (Å²) in [6.07, 6.45) is -4.65. The maximum atomic E-state index is 14.7. The molecular weight excluding hydrogens is 940 g/mol. The van der Waals surface area contributed by atoms with Crippen molar-refractivity contribution in [2.24, 2.45) is 0 Å². The normalized spacial score (nSPS) is 11.1. The minimum absolute atomic E-state index is 0.151. The van der Waals surface area contributed by atoms with E-state index in [4.69, 9.17) is 19.7 Å². The Kier molecular flexibility index (Phi) is 11.0. The van der Waals surface area contributed by atoms with E-state index >= 15 is 0 Å². The van der Waals surface area contributed by atoms with E-state index in [-0.39, 0.29) is 33.8 Å². The largest absolute Gasteiger partial charge is 0.416 e. The molecule has 0 aliphatic heterocycles. The number of fused-ring (bicyclic) bond motifs is 6. The molecule has 0 saturated heterocycles. The average molecular weight is 970 g/mol. The monoisotopic (exact) mass is 969 g/mol. The molecule has 0 unspecified atom stereocenters. The fourth-order valence-corrected chi connectivity index (χ4v) is 10.4. The lowest BCUT2D eigenvalue weighted by Gasteiger charge is -2.20. The first-order valence-corrected chi connectivity index (χ1v) is 23.0. The summed E-state index contributed by atoms with van der Waals surface area (Å²) >= 11 is 0. The van der Waals surface area contributed by atoms with Crippen LogP contribution in [0.3, 0.4) is 0 Å². The third kappa shape index (κ3) is 7.60. The molecule has 0 N–H and O–H groups in total. The quantitative estimate of drug-likeness (QED) is 0.154. The van der Waals surface area contributed by atoms with Crippen LogP contribution in [0.15, 0.2) is 164 Å². The predicted octanol–water partition coefficient (Wildman–Crippen LogP) is 17.0. The number of rotatable bonds is 6. The van der Waals surface area contributed by atoms with Gasteiger partial charge in [-0.1, -0.05) is 66.7 Å². The van der Waals surface area contributed by atoms with Crippen LogP contribution in [0.1, 0.15) is 33.4 Å². The molecule has 11 aromatic rings. The van der Waals surface area contributed by atoms with Gasteiger partial charge in [-0.2, -0.15) is 34.2 Å². The van der Waals surface area contributed by atoms with Gasteiger partial charge in [0.2, 0.25) is 0 Å². The first kappa shape index (κ1) is 46.2. The Morgan fingerprint density at radius 1 is 0.453 bits per heavy atom. The van der Waals surface area contributed by atoms with Crippen molar-refractivity contribution >= 4 is 60.7 Å². The molecule has 0 fully saturated rings. The van der Waals surface area contributed by atoms with Gasteiger partial charge in [-0.25, -0.2) is 14.5 Å². The Balaban J connectivity index is 1.20. The molecule has 11 rings (SSSR count). The Morgan fingerprint density at radius 2 is 1.04 bits per heavy atom. The Labute approximate surface area is 426 Å². The van der Waals surface area contributed by atoms with Gasteiger partial charge in [-0.3, -0.25) is 0 Å². The molecule has 9 nitrogen and oxygen atoms in total. The van der Waals surface area contributed by atoms with Gasteiger partial charge in [0.15, 0.2) is 17.1 Å². The predicted molar refractivity (Wildman–Crippen MR) is 284 cm³/mol. The highest BCUT2D eigenvalue weighted by Crippen LogP contribution is 2.46. The molecule has 348 valence electrons. The molecule has 0 radical (unpaired) electrons. The summed E-state index contributed by atoms with van der Waals surface area (Å²) in [4.78, 5) is 10.9. The second kappa shape index (κ2) is 17.9. The number of nitriles is 4. The summed E-state index contributed by atoms with van der Waals surface area (Å²) in [7, 11) is 0. The van der Waals surface area contributed by atoms with Crippen LogP contribution in [0.5, 0.6) is 0 Å². The molecule has 2 heterocycles. The van der Waals surface area contributed by atoms with Gasteiger partial charge in [0, 0.05) is 55.0 Å². The minimum Gasteiger partial charge on any atom is -0.309 e. The second-order valence-electron chi connectivity index (χ2n) is 17.8. The van der Waals surface area contributed by atoms with Crippen LogP contribution in [0.4, 0.5) is 30.2 Å². The van der Waals surface area contributed by atoms with Crippen LogP contribution in [-0.4, -0.2) is 9.13 Å². The molecule has 9 aromatic carbocycles. The van der Waals surface area contributed by atoms with Crippen molar-refractivity contribution in [1.29, 1.82) is 21.0 Å². The first-order chi connectivity index (χ1) is 36.4. The SMILES string of the molecule is [C-]#[N+]c1cc(C#N)c(-c2ccc3c(c2)c2ccccc2n3-c2ccc(-c3cc(C)cc(C(F)(F)F)c3)c(-c3cc(C#N)ccc3-n3c4ccccc4c4cc(-c5c(C#N)cc(C#N)cc5[N+]#[C-])ccc43)c2)c([N+]#[C-])c1. The third-order valence-corrected chi connectivity index (χ3v) is 13.5. The molecule has 0 aliphatic rings.